The standard InChI is InChI=1S/C52H60N8O9S/c61-49(56-70(64,65)38-8-10-41(43(29-38)60(62)63)54-32-34-12-23-66-24-13-34)39-9-7-36(28-42(39)59-44-27-35-11-19-53-48(35)55-50(44)69-47-14-25-67-33-45(47)59)57-21-16-51(17-22-57)30-37(31-51)58-20-4-3-15-52(58)18-26-68-46-6-2-1-5-40(46)52/h1-2,5-11,19,27-29,34,37,45,47,54H,3-4,12-18,20-26,30-33H2,(H,53,55)(H,56,61)/t45-,47+,52+/m0/s1. The Labute approximate surface area is 407 Å². The van der Waals surface area contributed by atoms with Crippen molar-refractivity contribution < 1.29 is 37.1 Å². The minimum atomic E-state index is -4.60. The number of fused-ring (bicyclic) bond motifs is 5. The molecule has 7 aliphatic rings. The number of nitrogens with zero attached hydrogens (tertiary/aromatic N) is 5. The second-order valence-corrected chi connectivity index (χ2v) is 22.2. The van der Waals surface area contributed by atoms with E-state index >= 15 is 0 Å². The summed E-state index contributed by atoms with van der Waals surface area (Å²) in [6.07, 6.45) is 12.8. The molecule has 5 fully saturated rings. The number of piperidine rings is 2. The number of anilines is 4. The number of H-pyrrole nitrogens is 1. The Bertz CT molecular complexity index is 2930. The quantitative estimate of drug-likeness (QED) is 0.0900. The van der Waals surface area contributed by atoms with Gasteiger partial charge in [-0.2, -0.15) is 4.98 Å². The number of aromatic amines is 1. The zero-order valence-electron chi connectivity index (χ0n) is 39.3. The molecule has 0 unspecified atom stereocenters. The van der Waals surface area contributed by atoms with Crippen molar-refractivity contribution in [1.29, 1.82) is 0 Å². The van der Waals surface area contributed by atoms with Gasteiger partial charge in [-0.3, -0.25) is 19.8 Å². The summed E-state index contributed by atoms with van der Waals surface area (Å²) in [4.78, 5) is 41.3. The molecule has 6 aliphatic heterocycles. The van der Waals surface area contributed by atoms with Gasteiger partial charge < -0.3 is 39.0 Å². The number of sulfonamides is 1. The number of pyridine rings is 1. The van der Waals surface area contributed by atoms with Crippen LogP contribution < -0.4 is 29.3 Å². The van der Waals surface area contributed by atoms with Crippen LogP contribution in [-0.4, -0.2) is 112 Å². The average molecular weight is 973 g/mol. The third-order valence-electron chi connectivity index (χ3n) is 16.6. The molecule has 18 heteroatoms. The fourth-order valence-electron chi connectivity index (χ4n) is 12.8. The molecule has 2 spiro atoms. The highest BCUT2D eigenvalue weighted by molar-refractivity contribution is 7.90. The number of para-hydroxylation sites is 1. The van der Waals surface area contributed by atoms with E-state index in [0.29, 0.717) is 68.3 Å². The zero-order valence-corrected chi connectivity index (χ0v) is 40.1. The summed E-state index contributed by atoms with van der Waals surface area (Å²) < 4.78 is 54.8. The summed E-state index contributed by atoms with van der Waals surface area (Å²) in [6.45, 7) is 6.10. The number of carbonyl (C=O) groups excluding carboxylic acids is 1. The summed E-state index contributed by atoms with van der Waals surface area (Å²) in [5.74, 6) is 0.842. The second-order valence-electron chi connectivity index (χ2n) is 20.5. The predicted octanol–water partition coefficient (Wildman–Crippen LogP) is 8.03. The lowest BCUT2D eigenvalue weighted by Gasteiger charge is -2.61. The van der Waals surface area contributed by atoms with Crippen molar-refractivity contribution in [2.24, 2.45) is 11.3 Å². The predicted molar refractivity (Wildman–Crippen MR) is 264 cm³/mol. The van der Waals surface area contributed by atoms with E-state index in [0.717, 1.165) is 81.2 Å². The van der Waals surface area contributed by atoms with E-state index < -0.39 is 31.4 Å². The molecule has 0 radical (unpaired) electrons. The van der Waals surface area contributed by atoms with Gasteiger partial charge in [-0.05, 0) is 124 Å². The first-order chi connectivity index (χ1) is 34.1. The molecular formula is C52H60N8O9S. The van der Waals surface area contributed by atoms with Crippen LogP contribution in [0.1, 0.15) is 86.6 Å². The largest absolute Gasteiger partial charge is 0.493 e. The van der Waals surface area contributed by atoms with Gasteiger partial charge in [-0.1, -0.05) is 18.2 Å². The Morgan fingerprint density at radius 3 is 2.56 bits per heavy atom. The van der Waals surface area contributed by atoms with E-state index in [4.69, 9.17) is 23.9 Å². The van der Waals surface area contributed by atoms with Crippen molar-refractivity contribution in [3.05, 3.63) is 100 Å². The molecule has 70 heavy (non-hydrogen) atoms. The van der Waals surface area contributed by atoms with Gasteiger partial charge in [0, 0.05) is 80.6 Å². The highest BCUT2D eigenvalue weighted by Gasteiger charge is 2.54. The van der Waals surface area contributed by atoms with Crippen LogP contribution in [-0.2, 0) is 25.0 Å². The summed E-state index contributed by atoms with van der Waals surface area (Å²) in [5.41, 5.74) is 4.29. The van der Waals surface area contributed by atoms with Crippen LogP contribution in [0.15, 0.2) is 83.9 Å². The third kappa shape index (κ3) is 8.09. The number of hydrogen-bond donors (Lipinski definition) is 3. The van der Waals surface area contributed by atoms with Crippen molar-refractivity contribution in [1.82, 2.24) is 19.6 Å². The molecular weight excluding hydrogens is 913 g/mol. The highest BCUT2D eigenvalue weighted by atomic mass is 32.2. The molecule has 17 nitrogen and oxygen atoms in total. The molecule has 5 aromatic rings. The molecule has 1 aliphatic carbocycles. The Morgan fingerprint density at radius 1 is 0.886 bits per heavy atom. The van der Waals surface area contributed by atoms with Gasteiger partial charge in [-0.15, -0.1) is 0 Å². The zero-order chi connectivity index (χ0) is 47.6. The molecule has 1 saturated carbocycles. The van der Waals surface area contributed by atoms with Gasteiger partial charge in [0.05, 0.1) is 52.5 Å². The first-order valence-electron chi connectivity index (χ1n) is 25.1. The van der Waals surface area contributed by atoms with E-state index in [9.17, 15) is 23.3 Å². The van der Waals surface area contributed by atoms with Crippen LogP contribution in [0.3, 0.4) is 0 Å². The van der Waals surface area contributed by atoms with E-state index in [1.165, 1.54) is 49.8 Å². The number of rotatable bonds is 10. The molecule has 12 rings (SSSR count). The monoisotopic (exact) mass is 972 g/mol. The molecule has 4 saturated heterocycles. The van der Waals surface area contributed by atoms with Gasteiger partial charge in [0.1, 0.15) is 28.9 Å². The van der Waals surface area contributed by atoms with Crippen LogP contribution in [0.2, 0.25) is 0 Å². The number of ether oxygens (including phenoxy) is 4. The van der Waals surface area contributed by atoms with Crippen molar-refractivity contribution in [3.63, 3.8) is 0 Å². The Balaban J connectivity index is 0.831. The lowest BCUT2D eigenvalue weighted by molar-refractivity contribution is -0.384. The number of nitrogens with one attached hydrogen (secondary N) is 3. The first kappa shape index (κ1) is 45.2. The second kappa shape index (κ2) is 18.0. The van der Waals surface area contributed by atoms with Gasteiger partial charge in [0.25, 0.3) is 21.6 Å². The van der Waals surface area contributed by atoms with Crippen molar-refractivity contribution >= 4 is 55.4 Å². The number of likely N-dealkylation sites (tertiary alicyclic amines) is 1. The van der Waals surface area contributed by atoms with E-state index in [1.807, 2.05) is 35.4 Å². The van der Waals surface area contributed by atoms with Gasteiger partial charge in [-0.25, -0.2) is 13.1 Å². The Morgan fingerprint density at radius 2 is 1.71 bits per heavy atom. The van der Waals surface area contributed by atoms with E-state index in [2.05, 4.69) is 49.1 Å². The third-order valence-corrected chi connectivity index (χ3v) is 18.0. The topological polar surface area (TPSA) is 194 Å². The van der Waals surface area contributed by atoms with E-state index in [-0.39, 0.29) is 40.3 Å². The van der Waals surface area contributed by atoms with Gasteiger partial charge in [0.2, 0.25) is 5.88 Å². The number of hydrogen-bond acceptors (Lipinski definition) is 14. The molecule has 1 amide bonds. The maximum Gasteiger partial charge on any atom is 0.293 e. The molecule has 8 heterocycles. The fraction of sp³-hybridized carbons (Fsp3) is 0.500. The van der Waals surface area contributed by atoms with Crippen LogP contribution in [0.25, 0.3) is 11.0 Å². The molecule has 368 valence electrons. The maximum absolute atomic E-state index is 14.7. The fourth-order valence-corrected chi connectivity index (χ4v) is 13.8. The normalized spacial score (nSPS) is 24.7. The van der Waals surface area contributed by atoms with Crippen LogP contribution in [0.5, 0.6) is 11.6 Å². The summed E-state index contributed by atoms with van der Waals surface area (Å²) in [7, 11) is -4.60. The molecule has 3 atom stereocenters. The van der Waals surface area contributed by atoms with Gasteiger partial charge in [0.15, 0.2) is 0 Å². The average Bonchev–Trinajstić information content (AvgIpc) is 3.84. The number of carbonyl (C=O) groups is 1. The van der Waals surface area contributed by atoms with Crippen molar-refractivity contribution in [2.45, 2.75) is 99.3 Å². The SMILES string of the molecule is O=C(NS(=O)(=O)c1ccc(NCC2CCOCC2)c([N+](=O)[O-])c1)c1ccc(N2CCC3(CC2)CC(N2CCCC[C@]24CCOc2ccccc24)C3)cc1N1c2cc3cc[nH]c3nc2O[C@@H]2CCOC[C@@H]21. The molecule has 2 aromatic heterocycles. The molecule has 3 aromatic carbocycles. The van der Waals surface area contributed by atoms with Crippen molar-refractivity contribution in [3.8, 4) is 11.6 Å². The lowest BCUT2D eigenvalue weighted by Crippen LogP contribution is -2.62. The first-order valence-corrected chi connectivity index (χ1v) is 26.6. The van der Waals surface area contributed by atoms with Gasteiger partial charge >= 0.3 is 0 Å². The van der Waals surface area contributed by atoms with Crippen LogP contribution in [0, 0.1) is 21.4 Å². The number of amides is 1. The highest BCUT2D eigenvalue weighted by Crippen LogP contribution is 2.57. The van der Waals surface area contributed by atoms with Crippen LogP contribution in [0.4, 0.5) is 28.4 Å². The Kier molecular flexibility index (Phi) is 11.6. The number of aromatic nitrogens is 2. The number of nitro groups is 1. The Hall–Kier alpha value is -5.95. The van der Waals surface area contributed by atoms with Crippen LogP contribution >= 0.6 is 0 Å². The molecule has 3 N–H and O–H groups in total. The summed E-state index contributed by atoms with van der Waals surface area (Å²) in [6, 6.07) is 22.0. The number of nitro benzene ring substituents is 1. The lowest BCUT2D eigenvalue weighted by atomic mass is 9.58. The van der Waals surface area contributed by atoms with Crippen molar-refractivity contribution in [2.75, 3.05) is 74.3 Å². The minimum Gasteiger partial charge on any atom is -0.493 e. The molecule has 0 bridgehead atoms. The summed E-state index contributed by atoms with van der Waals surface area (Å²) >= 11 is 0. The summed E-state index contributed by atoms with van der Waals surface area (Å²) in [5, 5.41) is 16.3. The van der Waals surface area contributed by atoms with E-state index in [1.54, 1.807) is 6.07 Å². The number of benzene rings is 3. The minimum absolute atomic E-state index is 0.0391. The maximum atomic E-state index is 14.7. The smallest absolute Gasteiger partial charge is 0.293 e.